The summed E-state index contributed by atoms with van der Waals surface area (Å²) in [6.07, 6.45) is 1.60. The Morgan fingerprint density at radius 1 is 1.35 bits per heavy atom. The molecule has 3 rings (SSSR count). The van der Waals surface area contributed by atoms with Crippen LogP contribution in [0, 0.1) is 0 Å². The molecule has 2 heterocycles. The van der Waals surface area contributed by atoms with Crippen LogP contribution in [0.5, 0.6) is 5.88 Å². The Morgan fingerprint density at radius 2 is 2.20 bits per heavy atom. The largest absolute Gasteiger partial charge is 0.480 e. The first-order valence-electron chi connectivity index (χ1n) is 5.82. The lowest BCUT2D eigenvalue weighted by atomic mass is 10.2. The van der Waals surface area contributed by atoms with Crippen LogP contribution >= 0.6 is 0 Å². The Balaban J connectivity index is 2.15. The number of fused-ring (bicyclic) bond motifs is 1. The van der Waals surface area contributed by atoms with Crippen LogP contribution in [0.3, 0.4) is 0 Å². The van der Waals surface area contributed by atoms with E-state index in [-0.39, 0.29) is 5.56 Å². The number of hydrogen-bond acceptors (Lipinski definition) is 5. The molecule has 0 aliphatic heterocycles. The lowest BCUT2D eigenvalue weighted by molar-refractivity contribution is 0.0697. The monoisotopic (exact) mass is 270 g/mol. The van der Waals surface area contributed by atoms with Gasteiger partial charge in [0.05, 0.1) is 18.2 Å². The number of carbonyl (C=O) groups is 1. The first-order valence-corrected chi connectivity index (χ1v) is 5.82. The molecule has 1 N–H and O–H groups in total. The Labute approximate surface area is 113 Å². The fourth-order valence-corrected chi connectivity index (χ4v) is 1.89. The summed E-state index contributed by atoms with van der Waals surface area (Å²) in [4.78, 5) is 19.3. The Hall–Kier alpha value is -2.89. The first-order chi connectivity index (χ1) is 9.69. The maximum absolute atomic E-state index is 10.9. The minimum atomic E-state index is -1.00. The van der Waals surface area contributed by atoms with Crippen molar-refractivity contribution in [2.45, 2.75) is 0 Å². The van der Waals surface area contributed by atoms with Gasteiger partial charge >= 0.3 is 5.97 Å². The van der Waals surface area contributed by atoms with Crippen molar-refractivity contribution in [1.29, 1.82) is 0 Å². The maximum atomic E-state index is 10.9. The summed E-state index contributed by atoms with van der Waals surface area (Å²) in [6, 6.07) is 8.04. The normalized spacial score (nSPS) is 10.7. The SMILES string of the molecule is COc1ncccc1-c1nc2cc(C(=O)O)ccc2o1. The highest BCUT2D eigenvalue weighted by Crippen LogP contribution is 2.30. The minimum Gasteiger partial charge on any atom is -0.480 e. The van der Waals surface area contributed by atoms with Gasteiger partial charge < -0.3 is 14.3 Å². The molecule has 6 nitrogen and oxygen atoms in total. The topological polar surface area (TPSA) is 85.5 Å². The average molecular weight is 270 g/mol. The number of rotatable bonds is 3. The summed E-state index contributed by atoms with van der Waals surface area (Å²) in [6.45, 7) is 0. The molecular formula is C14H10N2O4. The zero-order valence-corrected chi connectivity index (χ0v) is 10.5. The van der Waals surface area contributed by atoms with Crippen molar-refractivity contribution in [2.24, 2.45) is 0 Å². The van der Waals surface area contributed by atoms with E-state index in [1.807, 2.05) is 0 Å². The molecule has 0 amide bonds. The number of ether oxygens (including phenoxy) is 1. The number of benzene rings is 1. The quantitative estimate of drug-likeness (QED) is 0.787. The molecule has 2 aromatic heterocycles. The van der Waals surface area contributed by atoms with Gasteiger partial charge in [0.15, 0.2) is 5.58 Å². The van der Waals surface area contributed by atoms with Crippen LogP contribution in [0.2, 0.25) is 0 Å². The second-order valence-electron chi connectivity index (χ2n) is 4.07. The van der Waals surface area contributed by atoms with Crippen molar-refractivity contribution in [3.8, 4) is 17.3 Å². The molecular weight excluding hydrogens is 260 g/mol. The van der Waals surface area contributed by atoms with Crippen LogP contribution in [-0.2, 0) is 0 Å². The van der Waals surface area contributed by atoms with E-state index in [0.29, 0.717) is 28.4 Å². The first kappa shape index (κ1) is 12.2. The average Bonchev–Trinajstić information content (AvgIpc) is 2.89. The van der Waals surface area contributed by atoms with E-state index in [1.165, 1.54) is 19.2 Å². The van der Waals surface area contributed by atoms with Crippen molar-refractivity contribution in [3.05, 3.63) is 42.1 Å². The van der Waals surface area contributed by atoms with Gasteiger partial charge in [-0.1, -0.05) is 0 Å². The summed E-state index contributed by atoms with van der Waals surface area (Å²) in [5, 5.41) is 8.96. The number of nitrogens with zero attached hydrogens (tertiary/aromatic N) is 2. The van der Waals surface area contributed by atoms with Crippen LogP contribution in [0.1, 0.15) is 10.4 Å². The predicted octanol–water partition coefficient (Wildman–Crippen LogP) is 2.60. The number of pyridine rings is 1. The standard InChI is InChI=1S/C14H10N2O4/c1-19-12-9(3-2-6-15-12)13-16-10-7-8(14(17)18)4-5-11(10)20-13/h2-7H,1H3,(H,17,18). The van der Waals surface area contributed by atoms with Gasteiger partial charge in [-0.25, -0.2) is 14.8 Å². The number of carboxylic acid groups (broad SMARTS) is 1. The van der Waals surface area contributed by atoms with Crippen LogP contribution < -0.4 is 4.74 Å². The lowest BCUT2D eigenvalue weighted by Crippen LogP contribution is -1.94. The van der Waals surface area contributed by atoms with E-state index in [2.05, 4.69) is 9.97 Å². The van der Waals surface area contributed by atoms with E-state index in [9.17, 15) is 4.79 Å². The molecule has 0 saturated carbocycles. The van der Waals surface area contributed by atoms with Gasteiger partial charge in [-0.05, 0) is 30.3 Å². The summed E-state index contributed by atoms with van der Waals surface area (Å²) in [7, 11) is 1.51. The lowest BCUT2D eigenvalue weighted by Gasteiger charge is -2.01. The molecule has 0 aliphatic carbocycles. The number of methoxy groups -OCH3 is 1. The van der Waals surface area contributed by atoms with Gasteiger partial charge in [0.2, 0.25) is 11.8 Å². The molecule has 0 aliphatic rings. The molecule has 0 unspecified atom stereocenters. The van der Waals surface area contributed by atoms with E-state index in [4.69, 9.17) is 14.3 Å². The Morgan fingerprint density at radius 3 is 2.95 bits per heavy atom. The Bertz CT molecular complexity index is 795. The van der Waals surface area contributed by atoms with Crippen LogP contribution in [-0.4, -0.2) is 28.2 Å². The highest BCUT2D eigenvalue weighted by atomic mass is 16.5. The van der Waals surface area contributed by atoms with Gasteiger partial charge in [-0.15, -0.1) is 0 Å². The molecule has 0 fully saturated rings. The molecule has 20 heavy (non-hydrogen) atoms. The van der Waals surface area contributed by atoms with Crippen LogP contribution in [0.4, 0.5) is 0 Å². The van der Waals surface area contributed by atoms with Gasteiger partial charge in [-0.2, -0.15) is 0 Å². The number of oxazole rings is 1. The number of carboxylic acids is 1. The number of aromatic carboxylic acids is 1. The van der Waals surface area contributed by atoms with Gasteiger partial charge in [0, 0.05) is 6.20 Å². The van der Waals surface area contributed by atoms with Crippen molar-refractivity contribution in [3.63, 3.8) is 0 Å². The van der Waals surface area contributed by atoms with Gasteiger partial charge in [0.25, 0.3) is 0 Å². The predicted molar refractivity (Wildman–Crippen MR) is 70.8 cm³/mol. The highest BCUT2D eigenvalue weighted by molar-refractivity contribution is 5.92. The second kappa shape index (κ2) is 4.65. The maximum Gasteiger partial charge on any atom is 0.335 e. The zero-order chi connectivity index (χ0) is 14.1. The van der Waals surface area contributed by atoms with Crippen molar-refractivity contribution in [2.75, 3.05) is 7.11 Å². The molecule has 0 bridgehead atoms. The third kappa shape index (κ3) is 1.97. The van der Waals surface area contributed by atoms with Crippen molar-refractivity contribution in [1.82, 2.24) is 9.97 Å². The molecule has 0 atom stereocenters. The molecule has 100 valence electrons. The van der Waals surface area contributed by atoms with Crippen LogP contribution in [0.15, 0.2) is 40.9 Å². The summed E-state index contributed by atoms with van der Waals surface area (Å²) < 4.78 is 10.8. The molecule has 3 aromatic rings. The molecule has 0 spiro atoms. The second-order valence-corrected chi connectivity index (χ2v) is 4.07. The van der Waals surface area contributed by atoms with E-state index >= 15 is 0 Å². The fourth-order valence-electron chi connectivity index (χ4n) is 1.89. The van der Waals surface area contributed by atoms with Crippen molar-refractivity contribution >= 4 is 17.1 Å². The summed E-state index contributed by atoms with van der Waals surface area (Å²) in [5.41, 5.74) is 1.76. The Kier molecular flexibility index (Phi) is 2.83. The summed E-state index contributed by atoms with van der Waals surface area (Å²) >= 11 is 0. The smallest absolute Gasteiger partial charge is 0.335 e. The molecule has 0 saturated heterocycles. The van der Waals surface area contributed by atoms with Crippen LogP contribution in [0.25, 0.3) is 22.6 Å². The third-order valence-electron chi connectivity index (χ3n) is 2.83. The molecule has 6 heteroatoms. The van der Waals surface area contributed by atoms with Gasteiger partial charge in [-0.3, -0.25) is 0 Å². The molecule has 1 aromatic carbocycles. The zero-order valence-electron chi connectivity index (χ0n) is 10.5. The fraction of sp³-hybridized carbons (Fsp3) is 0.0714. The van der Waals surface area contributed by atoms with Crippen molar-refractivity contribution < 1.29 is 19.1 Å². The highest BCUT2D eigenvalue weighted by Gasteiger charge is 2.14. The minimum absolute atomic E-state index is 0.163. The van der Waals surface area contributed by atoms with Gasteiger partial charge in [0.1, 0.15) is 5.52 Å². The van der Waals surface area contributed by atoms with E-state index < -0.39 is 5.97 Å². The van der Waals surface area contributed by atoms with E-state index in [0.717, 1.165) is 0 Å². The third-order valence-corrected chi connectivity index (χ3v) is 2.83. The summed E-state index contributed by atoms with van der Waals surface area (Å²) in [5.74, 6) is -0.264. The van der Waals surface area contributed by atoms with E-state index in [1.54, 1.807) is 24.4 Å². The molecule has 0 radical (unpaired) electrons. The number of hydrogen-bond donors (Lipinski definition) is 1. The number of aromatic nitrogens is 2.